The van der Waals surface area contributed by atoms with Crippen molar-refractivity contribution >= 4 is 10.9 Å². The molecule has 2 fully saturated rings. The predicted molar refractivity (Wildman–Crippen MR) is 101 cm³/mol. The van der Waals surface area contributed by atoms with Gasteiger partial charge in [-0.2, -0.15) is 0 Å². The van der Waals surface area contributed by atoms with E-state index >= 15 is 0 Å². The second-order valence-electron chi connectivity index (χ2n) is 9.64. The van der Waals surface area contributed by atoms with Crippen molar-refractivity contribution in [2.45, 2.75) is 59.3 Å². The number of aromatic nitrogens is 1. The molecule has 1 heteroatoms. The van der Waals surface area contributed by atoms with Crippen molar-refractivity contribution in [2.75, 3.05) is 0 Å². The summed E-state index contributed by atoms with van der Waals surface area (Å²) in [5.74, 6) is 5.26. The number of aryl methyl sites for hydroxylation is 1. The average molecular weight is 322 g/mol. The first-order valence-electron chi connectivity index (χ1n) is 10.1. The van der Waals surface area contributed by atoms with Crippen LogP contribution in [-0.4, -0.2) is 4.98 Å². The third kappa shape index (κ3) is 1.82. The van der Waals surface area contributed by atoms with Gasteiger partial charge in [0.25, 0.3) is 0 Å². The summed E-state index contributed by atoms with van der Waals surface area (Å²) in [7, 11) is 0. The molecule has 0 bridgehead atoms. The minimum Gasteiger partial charge on any atom is -0.361 e. The van der Waals surface area contributed by atoms with E-state index in [1.807, 2.05) is 0 Å². The first-order valence-corrected chi connectivity index (χ1v) is 10.1. The zero-order valence-electron chi connectivity index (χ0n) is 15.6. The van der Waals surface area contributed by atoms with E-state index in [1.54, 1.807) is 11.1 Å². The Hall–Kier alpha value is -1.24. The van der Waals surface area contributed by atoms with E-state index in [4.69, 9.17) is 0 Å². The van der Waals surface area contributed by atoms with Crippen LogP contribution >= 0.6 is 0 Å². The molecule has 1 aromatic heterocycles. The summed E-state index contributed by atoms with van der Waals surface area (Å²) >= 11 is 0. The fourth-order valence-corrected chi connectivity index (χ4v) is 7.29. The molecule has 3 aliphatic rings. The lowest BCUT2D eigenvalue weighted by molar-refractivity contribution is -0.000207. The predicted octanol–water partition coefficient (Wildman–Crippen LogP) is 6.15. The molecule has 2 aromatic rings. The van der Waals surface area contributed by atoms with Gasteiger partial charge in [-0.25, -0.2) is 0 Å². The van der Waals surface area contributed by atoms with E-state index < -0.39 is 0 Å². The van der Waals surface area contributed by atoms with Gasteiger partial charge in [0, 0.05) is 11.7 Å². The van der Waals surface area contributed by atoms with Gasteiger partial charge >= 0.3 is 0 Å². The molecule has 2 saturated carbocycles. The van der Waals surface area contributed by atoms with E-state index in [0.717, 1.165) is 35.5 Å². The van der Waals surface area contributed by atoms with Crippen LogP contribution in [0.5, 0.6) is 0 Å². The lowest BCUT2D eigenvalue weighted by atomic mass is 9.51. The number of fused-ring (bicyclic) bond motifs is 6. The minimum absolute atomic E-state index is 0.579. The molecule has 0 radical (unpaired) electrons. The summed E-state index contributed by atoms with van der Waals surface area (Å²) < 4.78 is 0. The Morgan fingerprint density at radius 2 is 1.96 bits per heavy atom. The van der Waals surface area contributed by atoms with E-state index in [9.17, 15) is 0 Å². The highest BCUT2D eigenvalue weighted by molar-refractivity contribution is 5.81. The summed E-state index contributed by atoms with van der Waals surface area (Å²) in [6, 6.07) is 7.22. The molecule has 7 atom stereocenters. The van der Waals surface area contributed by atoms with Crippen LogP contribution in [0.15, 0.2) is 24.4 Å². The summed E-state index contributed by atoms with van der Waals surface area (Å²) in [5, 5.41) is 1.41. The van der Waals surface area contributed by atoms with Crippen LogP contribution in [0.3, 0.4) is 0 Å². The number of benzene rings is 1. The number of aromatic amines is 1. The topological polar surface area (TPSA) is 15.8 Å². The van der Waals surface area contributed by atoms with Crippen molar-refractivity contribution in [3.8, 4) is 0 Å². The van der Waals surface area contributed by atoms with Gasteiger partial charge < -0.3 is 4.98 Å². The van der Waals surface area contributed by atoms with Crippen molar-refractivity contribution in [3.05, 3.63) is 35.5 Å². The van der Waals surface area contributed by atoms with E-state index in [-0.39, 0.29) is 0 Å². The fraction of sp³-hybridized carbons (Fsp3) is 0.652. The molecule has 5 rings (SSSR count). The maximum atomic E-state index is 3.41. The number of hydrogen-bond donors (Lipinski definition) is 1. The van der Waals surface area contributed by atoms with Crippen LogP contribution in [0.4, 0.5) is 0 Å². The maximum Gasteiger partial charge on any atom is 0.0456 e. The molecule has 128 valence electrons. The molecule has 6 unspecified atom stereocenters. The van der Waals surface area contributed by atoms with Gasteiger partial charge in [0.2, 0.25) is 0 Å². The van der Waals surface area contributed by atoms with Crippen LogP contribution < -0.4 is 0 Å². The standard InChI is InChI=1S/C23H31N/c1-13-9-20-18-6-5-16-11-21-17(7-8-24-21)10-19(16)22(18)14(2)12-23(20,4)15(13)3/h7-8,10-11,13-15,18,20,22,24H,5-6,9,12H2,1-4H3/t13?,14?,15?,18?,20?,22?,23-/m1/s1. The Morgan fingerprint density at radius 1 is 1.12 bits per heavy atom. The van der Waals surface area contributed by atoms with Crippen molar-refractivity contribution in [1.82, 2.24) is 4.98 Å². The molecule has 0 saturated heterocycles. The van der Waals surface area contributed by atoms with Gasteiger partial charge in [0.05, 0.1) is 0 Å². The van der Waals surface area contributed by atoms with Gasteiger partial charge in [0.1, 0.15) is 0 Å². The SMILES string of the molecule is CC1C[C@]2(C)C(C)C(C)CC2C2CCc3cc4[nH]ccc4cc3C12. The molecule has 3 aliphatic carbocycles. The molecule has 24 heavy (non-hydrogen) atoms. The largest absolute Gasteiger partial charge is 0.361 e. The second kappa shape index (κ2) is 4.90. The third-order valence-electron chi connectivity index (χ3n) is 8.64. The maximum absolute atomic E-state index is 3.41. The summed E-state index contributed by atoms with van der Waals surface area (Å²) in [4.78, 5) is 3.41. The average Bonchev–Trinajstić information content (AvgIpc) is 3.09. The molecular formula is C23H31N. The van der Waals surface area contributed by atoms with Crippen molar-refractivity contribution < 1.29 is 0 Å². The first kappa shape index (κ1) is 15.0. The normalized spacial score (nSPS) is 44.2. The lowest BCUT2D eigenvalue weighted by Gasteiger charge is -2.53. The molecule has 0 amide bonds. The number of nitrogens with one attached hydrogen (secondary N) is 1. The molecule has 0 spiro atoms. The monoisotopic (exact) mass is 321 g/mol. The number of H-pyrrole nitrogens is 1. The zero-order chi connectivity index (χ0) is 16.6. The van der Waals surface area contributed by atoms with Gasteiger partial charge in [-0.3, -0.25) is 0 Å². The van der Waals surface area contributed by atoms with Crippen molar-refractivity contribution in [2.24, 2.45) is 35.0 Å². The second-order valence-corrected chi connectivity index (χ2v) is 9.64. The van der Waals surface area contributed by atoms with Crippen molar-refractivity contribution in [1.29, 1.82) is 0 Å². The summed E-state index contributed by atoms with van der Waals surface area (Å²) in [6.07, 6.45) is 7.68. The third-order valence-corrected chi connectivity index (χ3v) is 8.64. The van der Waals surface area contributed by atoms with Crippen LogP contribution in [0, 0.1) is 35.0 Å². The van der Waals surface area contributed by atoms with E-state index in [2.05, 4.69) is 57.1 Å². The Bertz CT molecular complexity index is 786. The van der Waals surface area contributed by atoms with Crippen LogP contribution in [0.25, 0.3) is 10.9 Å². The van der Waals surface area contributed by atoms with Gasteiger partial charge in [-0.1, -0.05) is 27.7 Å². The highest BCUT2D eigenvalue weighted by Crippen LogP contribution is 2.65. The molecule has 1 heterocycles. The van der Waals surface area contributed by atoms with Crippen LogP contribution in [-0.2, 0) is 6.42 Å². The molecule has 1 nitrogen and oxygen atoms in total. The first-order chi connectivity index (χ1) is 11.5. The molecular weight excluding hydrogens is 290 g/mol. The smallest absolute Gasteiger partial charge is 0.0456 e. The highest BCUT2D eigenvalue weighted by atomic mass is 14.7. The van der Waals surface area contributed by atoms with Crippen LogP contribution in [0.2, 0.25) is 0 Å². The number of hydrogen-bond acceptors (Lipinski definition) is 0. The summed E-state index contributed by atoms with van der Waals surface area (Å²) in [6.45, 7) is 10.2. The fourth-order valence-electron chi connectivity index (χ4n) is 7.29. The Balaban J connectivity index is 1.62. The molecule has 1 aromatic carbocycles. The van der Waals surface area contributed by atoms with Crippen molar-refractivity contribution in [3.63, 3.8) is 0 Å². The lowest BCUT2D eigenvalue weighted by Crippen LogP contribution is -2.45. The Morgan fingerprint density at radius 3 is 2.79 bits per heavy atom. The Kier molecular flexibility index (Phi) is 3.07. The quantitative estimate of drug-likeness (QED) is 0.599. The van der Waals surface area contributed by atoms with Gasteiger partial charge in [-0.05, 0) is 101 Å². The minimum atomic E-state index is 0.579. The zero-order valence-corrected chi connectivity index (χ0v) is 15.6. The molecule has 1 N–H and O–H groups in total. The summed E-state index contributed by atoms with van der Waals surface area (Å²) in [5.41, 5.74) is 5.22. The van der Waals surface area contributed by atoms with Crippen LogP contribution in [0.1, 0.15) is 64.0 Å². The van der Waals surface area contributed by atoms with E-state index in [0.29, 0.717) is 5.41 Å². The number of rotatable bonds is 0. The van der Waals surface area contributed by atoms with Gasteiger partial charge in [-0.15, -0.1) is 0 Å². The van der Waals surface area contributed by atoms with Gasteiger partial charge in [0.15, 0.2) is 0 Å². The Labute approximate surface area is 146 Å². The highest BCUT2D eigenvalue weighted by Gasteiger charge is 2.57. The molecule has 0 aliphatic heterocycles. The van der Waals surface area contributed by atoms with E-state index in [1.165, 1.54) is 36.6 Å².